The van der Waals surface area contributed by atoms with Crippen LogP contribution in [0.3, 0.4) is 0 Å². The number of rotatable bonds is 1. The maximum Gasteiger partial charge on any atom is 0.261 e. The standard InChI is InChI=1S/C10H6BrClO2S/c11-9-5-6-10(15(12,13)14)8-4-2-1-3-7(8)9/h1-6H. The van der Waals surface area contributed by atoms with Crippen LogP contribution in [0.2, 0.25) is 0 Å². The van der Waals surface area contributed by atoms with Gasteiger partial charge in [0.2, 0.25) is 0 Å². The lowest BCUT2D eigenvalue weighted by Crippen LogP contribution is -1.92. The van der Waals surface area contributed by atoms with Crippen molar-refractivity contribution in [2.75, 3.05) is 0 Å². The van der Waals surface area contributed by atoms with Gasteiger partial charge in [0.25, 0.3) is 9.05 Å². The van der Waals surface area contributed by atoms with Crippen molar-refractivity contribution in [1.29, 1.82) is 0 Å². The molecule has 0 saturated heterocycles. The normalized spacial score (nSPS) is 11.9. The Bertz CT molecular complexity index is 622. The zero-order valence-electron chi connectivity index (χ0n) is 7.44. The molecule has 0 spiro atoms. The molecular weight excluding hydrogens is 300 g/mol. The largest absolute Gasteiger partial charge is 0.261 e. The summed E-state index contributed by atoms with van der Waals surface area (Å²) in [6, 6.07) is 10.4. The lowest BCUT2D eigenvalue weighted by molar-refractivity contribution is 0.610. The minimum atomic E-state index is -3.69. The summed E-state index contributed by atoms with van der Waals surface area (Å²) in [7, 11) is 1.65. The van der Waals surface area contributed by atoms with E-state index in [0.717, 1.165) is 9.86 Å². The van der Waals surface area contributed by atoms with Gasteiger partial charge in [-0.15, -0.1) is 0 Å². The molecule has 0 fully saturated rings. The van der Waals surface area contributed by atoms with Crippen molar-refractivity contribution in [3.8, 4) is 0 Å². The highest BCUT2D eigenvalue weighted by molar-refractivity contribution is 9.10. The number of fused-ring (bicyclic) bond motifs is 1. The van der Waals surface area contributed by atoms with Gasteiger partial charge in [-0.1, -0.05) is 40.2 Å². The Morgan fingerprint density at radius 3 is 2.20 bits per heavy atom. The van der Waals surface area contributed by atoms with E-state index in [1.54, 1.807) is 18.2 Å². The molecule has 0 bridgehead atoms. The molecule has 0 aliphatic carbocycles. The Hall–Kier alpha value is -0.580. The first kappa shape index (κ1) is 10.9. The number of halogens is 2. The Balaban J connectivity index is 2.96. The molecule has 2 aromatic rings. The third-order valence-electron chi connectivity index (χ3n) is 2.09. The topological polar surface area (TPSA) is 34.1 Å². The molecule has 0 radical (unpaired) electrons. The van der Waals surface area contributed by atoms with Crippen LogP contribution in [-0.2, 0) is 9.05 Å². The van der Waals surface area contributed by atoms with E-state index in [0.29, 0.717) is 5.39 Å². The van der Waals surface area contributed by atoms with Crippen LogP contribution in [0.15, 0.2) is 45.8 Å². The average molecular weight is 306 g/mol. The molecule has 0 N–H and O–H groups in total. The SMILES string of the molecule is O=S(=O)(Cl)c1ccc(Br)c2ccccc12. The molecule has 0 unspecified atom stereocenters. The molecular formula is C10H6BrClO2S. The monoisotopic (exact) mass is 304 g/mol. The molecule has 0 saturated carbocycles. The second-order valence-electron chi connectivity index (χ2n) is 3.03. The van der Waals surface area contributed by atoms with Gasteiger partial charge in [-0.2, -0.15) is 0 Å². The van der Waals surface area contributed by atoms with E-state index in [2.05, 4.69) is 15.9 Å². The Morgan fingerprint density at radius 2 is 1.60 bits per heavy atom. The molecule has 0 heterocycles. The van der Waals surface area contributed by atoms with Crippen molar-refractivity contribution < 1.29 is 8.42 Å². The zero-order valence-corrected chi connectivity index (χ0v) is 10.6. The molecule has 0 atom stereocenters. The fraction of sp³-hybridized carbons (Fsp3) is 0. The van der Waals surface area contributed by atoms with E-state index >= 15 is 0 Å². The van der Waals surface area contributed by atoms with Crippen molar-refractivity contribution in [2.24, 2.45) is 0 Å². The highest BCUT2D eigenvalue weighted by Crippen LogP contribution is 2.30. The lowest BCUT2D eigenvalue weighted by Gasteiger charge is -2.04. The summed E-state index contributed by atoms with van der Waals surface area (Å²) in [4.78, 5) is 0.142. The maximum atomic E-state index is 11.3. The van der Waals surface area contributed by atoms with Gasteiger partial charge in [0.15, 0.2) is 0 Å². The van der Waals surface area contributed by atoms with E-state index in [9.17, 15) is 8.42 Å². The summed E-state index contributed by atoms with van der Waals surface area (Å²) >= 11 is 3.36. The second-order valence-corrected chi connectivity index (χ2v) is 6.42. The molecule has 78 valence electrons. The molecule has 15 heavy (non-hydrogen) atoms. The first-order valence-corrected chi connectivity index (χ1v) is 7.22. The summed E-state index contributed by atoms with van der Waals surface area (Å²) in [5.74, 6) is 0. The van der Waals surface area contributed by atoms with Crippen LogP contribution in [0.5, 0.6) is 0 Å². The van der Waals surface area contributed by atoms with Crippen molar-refractivity contribution in [2.45, 2.75) is 4.90 Å². The second kappa shape index (κ2) is 3.77. The van der Waals surface area contributed by atoms with Gasteiger partial charge in [0.05, 0.1) is 4.90 Å². The summed E-state index contributed by atoms with van der Waals surface area (Å²) in [6.07, 6.45) is 0. The summed E-state index contributed by atoms with van der Waals surface area (Å²) < 4.78 is 23.5. The van der Waals surface area contributed by atoms with Crippen molar-refractivity contribution in [3.05, 3.63) is 40.9 Å². The predicted octanol–water partition coefficient (Wildman–Crippen LogP) is 3.53. The van der Waals surface area contributed by atoms with Gasteiger partial charge >= 0.3 is 0 Å². The molecule has 0 aliphatic rings. The van der Waals surface area contributed by atoms with Gasteiger partial charge < -0.3 is 0 Å². The Labute approximate surface area is 100 Å². The van der Waals surface area contributed by atoms with Crippen molar-refractivity contribution in [3.63, 3.8) is 0 Å². The number of benzene rings is 2. The minimum absolute atomic E-state index is 0.142. The highest BCUT2D eigenvalue weighted by atomic mass is 79.9. The highest BCUT2D eigenvalue weighted by Gasteiger charge is 2.14. The smallest absolute Gasteiger partial charge is 0.207 e. The first-order valence-electron chi connectivity index (χ1n) is 4.12. The summed E-state index contributed by atoms with van der Waals surface area (Å²) in [5.41, 5.74) is 0. The third kappa shape index (κ3) is 2.02. The van der Waals surface area contributed by atoms with Gasteiger partial charge in [-0.3, -0.25) is 0 Å². The molecule has 0 amide bonds. The molecule has 0 aromatic heterocycles. The van der Waals surface area contributed by atoms with E-state index in [4.69, 9.17) is 10.7 Å². The van der Waals surface area contributed by atoms with Gasteiger partial charge in [-0.25, -0.2) is 8.42 Å². The third-order valence-corrected chi connectivity index (χ3v) is 4.17. The van der Waals surface area contributed by atoms with Crippen molar-refractivity contribution in [1.82, 2.24) is 0 Å². The van der Waals surface area contributed by atoms with Crippen LogP contribution in [0.4, 0.5) is 0 Å². The van der Waals surface area contributed by atoms with E-state index < -0.39 is 9.05 Å². The van der Waals surface area contributed by atoms with Crippen LogP contribution >= 0.6 is 26.6 Å². The van der Waals surface area contributed by atoms with Gasteiger partial charge in [-0.05, 0) is 17.5 Å². The minimum Gasteiger partial charge on any atom is -0.207 e. The summed E-state index contributed by atoms with van der Waals surface area (Å²) in [6.45, 7) is 0. The Morgan fingerprint density at radius 1 is 1.00 bits per heavy atom. The van der Waals surface area contributed by atoms with Gasteiger partial charge in [0.1, 0.15) is 0 Å². The number of hydrogen-bond donors (Lipinski definition) is 0. The van der Waals surface area contributed by atoms with Gasteiger partial charge in [0, 0.05) is 20.5 Å². The maximum absolute atomic E-state index is 11.3. The van der Waals surface area contributed by atoms with Crippen LogP contribution in [-0.4, -0.2) is 8.42 Å². The average Bonchev–Trinajstić information content (AvgIpc) is 2.17. The molecule has 0 aliphatic heterocycles. The van der Waals surface area contributed by atoms with Crippen LogP contribution in [0.25, 0.3) is 10.8 Å². The number of hydrogen-bond acceptors (Lipinski definition) is 2. The Kier molecular flexibility index (Phi) is 2.75. The molecule has 2 aromatic carbocycles. The van der Waals surface area contributed by atoms with E-state index in [1.807, 2.05) is 12.1 Å². The first-order chi connectivity index (χ1) is 7.00. The zero-order chi connectivity index (χ0) is 11.1. The van der Waals surface area contributed by atoms with Crippen LogP contribution in [0.1, 0.15) is 0 Å². The fourth-order valence-electron chi connectivity index (χ4n) is 1.45. The predicted molar refractivity (Wildman–Crippen MR) is 64.7 cm³/mol. The van der Waals surface area contributed by atoms with E-state index in [1.165, 1.54) is 6.07 Å². The molecule has 2 rings (SSSR count). The van der Waals surface area contributed by atoms with E-state index in [-0.39, 0.29) is 4.90 Å². The summed E-state index contributed by atoms with van der Waals surface area (Å²) in [5, 5.41) is 1.46. The molecule has 2 nitrogen and oxygen atoms in total. The van der Waals surface area contributed by atoms with Crippen LogP contribution in [0, 0.1) is 0 Å². The lowest BCUT2D eigenvalue weighted by atomic mass is 10.1. The van der Waals surface area contributed by atoms with Crippen molar-refractivity contribution >= 4 is 46.4 Å². The quantitative estimate of drug-likeness (QED) is 0.755. The fourth-order valence-corrected chi connectivity index (χ4v) is 3.00. The molecule has 5 heteroatoms. The van der Waals surface area contributed by atoms with Crippen LogP contribution < -0.4 is 0 Å².